The van der Waals surface area contributed by atoms with E-state index in [1.54, 1.807) is 0 Å². The van der Waals surface area contributed by atoms with Crippen LogP contribution in [0.2, 0.25) is 0 Å². The molecule has 0 spiro atoms. The lowest BCUT2D eigenvalue weighted by molar-refractivity contribution is -0.215. The van der Waals surface area contributed by atoms with Gasteiger partial charge in [-0.05, 0) is 44.4 Å². The maximum Gasteiger partial charge on any atom is 0.233 e. The van der Waals surface area contributed by atoms with Crippen LogP contribution in [0.4, 0.5) is 0 Å². The largest absolute Gasteiger partial charge is 0.276 e. The van der Waals surface area contributed by atoms with E-state index >= 15 is 0 Å². The summed E-state index contributed by atoms with van der Waals surface area (Å²) in [5, 5.41) is 1.34. The minimum Gasteiger partial charge on any atom is -0.276 e. The maximum atomic E-state index is 11.1. The molecule has 22 heavy (non-hydrogen) atoms. The highest BCUT2D eigenvalue weighted by atomic mass is 16.7. The normalized spacial score (nSPS) is 11.2. The van der Waals surface area contributed by atoms with E-state index in [1.807, 2.05) is 51.4 Å². The van der Waals surface area contributed by atoms with Gasteiger partial charge in [0.15, 0.2) is 0 Å². The van der Waals surface area contributed by atoms with Crippen LogP contribution in [0.15, 0.2) is 48.8 Å². The number of nitrogens with zero attached hydrogens (tertiary/aromatic N) is 2. The Morgan fingerprint density at radius 1 is 1.14 bits per heavy atom. The predicted octanol–water partition coefficient (Wildman–Crippen LogP) is 3.48. The number of aromatic nitrogens is 1. The van der Waals surface area contributed by atoms with Gasteiger partial charge in [-0.2, -0.15) is 0 Å². The van der Waals surface area contributed by atoms with E-state index in [4.69, 9.17) is 4.84 Å². The highest BCUT2D eigenvalue weighted by Crippen LogP contribution is 2.19. The zero-order valence-corrected chi connectivity index (χ0v) is 13.3. The average Bonchev–Trinajstić information content (AvgIpc) is 2.51. The van der Waals surface area contributed by atoms with Crippen LogP contribution in [0.5, 0.6) is 0 Å². The summed E-state index contributed by atoms with van der Waals surface area (Å²) in [5.74, 6) is 0. The fourth-order valence-corrected chi connectivity index (χ4v) is 2.12. The first-order valence-electron chi connectivity index (χ1n) is 7.38. The number of pyridine rings is 1. The van der Waals surface area contributed by atoms with Gasteiger partial charge in [-0.3, -0.25) is 14.6 Å². The number of carbonyl (C=O) groups is 1. The molecule has 4 nitrogen and oxygen atoms in total. The highest BCUT2D eigenvalue weighted by Gasteiger charge is 2.15. The van der Waals surface area contributed by atoms with Crippen molar-refractivity contribution in [2.24, 2.45) is 0 Å². The fourth-order valence-electron chi connectivity index (χ4n) is 2.12. The van der Waals surface area contributed by atoms with Crippen LogP contribution in [0, 0.1) is 0 Å². The number of hydrogen-bond acceptors (Lipinski definition) is 3. The number of rotatable bonds is 6. The van der Waals surface area contributed by atoms with Crippen molar-refractivity contribution in [1.29, 1.82) is 0 Å². The summed E-state index contributed by atoms with van der Waals surface area (Å²) in [4.78, 5) is 20.9. The Morgan fingerprint density at radius 2 is 1.86 bits per heavy atom. The van der Waals surface area contributed by atoms with Crippen molar-refractivity contribution >= 4 is 6.41 Å². The van der Waals surface area contributed by atoms with Crippen molar-refractivity contribution in [3.63, 3.8) is 0 Å². The predicted molar refractivity (Wildman–Crippen MR) is 87.0 cm³/mol. The molecule has 1 amide bonds. The number of hydroxylamine groups is 2. The van der Waals surface area contributed by atoms with Gasteiger partial charge in [0, 0.05) is 18.0 Å². The van der Waals surface area contributed by atoms with Crippen molar-refractivity contribution in [2.45, 2.75) is 32.8 Å². The quantitative estimate of drug-likeness (QED) is 0.605. The van der Waals surface area contributed by atoms with Crippen LogP contribution < -0.4 is 0 Å². The molecule has 116 valence electrons. The zero-order chi connectivity index (χ0) is 16.0. The molecule has 1 heterocycles. The molecule has 0 radical (unpaired) electrons. The molecule has 0 aliphatic carbocycles. The van der Waals surface area contributed by atoms with Crippen LogP contribution in [-0.2, 0) is 16.1 Å². The van der Waals surface area contributed by atoms with Gasteiger partial charge in [0.2, 0.25) is 6.41 Å². The van der Waals surface area contributed by atoms with E-state index in [0.717, 1.165) is 23.1 Å². The Kier molecular flexibility index (Phi) is 5.28. The fraction of sp³-hybridized carbons (Fsp3) is 0.333. The summed E-state index contributed by atoms with van der Waals surface area (Å²) in [6, 6.07) is 12.2. The molecule has 2 rings (SSSR count). The molecule has 0 unspecified atom stereocenters. The molecular weight excluding hydrogens is 276 g/mol. The van der Waals surface area contributed by atoms with Crippen LogP contribution >= 0.6 is 0 Å². The van der Waals surface area contributed by atoms with Crippen LogP contribution in [0.1, 0.15) is 26.3 Å². The average molecular weight is 298 g/mol. The van der Waals surface area contributed by atoms with Gasteiger partial charge in [0.25, 0.3) is 0 Å². The maximum absolute atomic E-state index is 11.1. The SMILES string of the molecule is CC(C)(C)ON(C=O)CCc1cncc(-c2ccccc2)c1. The molecule has 4 heteroatoms. The summed E-state index contributed by atoms with van der Waals surface area (Å²) in [6.07, 6.45) is 5.09. The van der Waals surface area contributed by atoms with Crippen molar-refractivity contribution in [3.05, 3.63) is 54.4 Å². The van der Waals surface area contributed by atoms with E-state index in [1.165, 1.54) is 5.06 Å². The van der Waals surface area contributed by atoms with Crippen molar-refractivity contribution < 1.29 is 9.63 Å². The van der Waals surface area contributed by atoms with Gasteiger partial charge in [0.05, 0.1) is 12.1 Å². The van der Waals surface area contributed by atoms with E-state index < -0.39 is 0 Å². The lowest BCUT2D eigenvalue weighted by atomic mass is 10.1. The lowest BCUT2D eigenvalue weighted by Crippen LogP contribution is -2.34. The molecule has 0 fully saturated rings. The van der Waals surface area contributed by atoms with Gasteiger partial charge in [-0.1, -0.05) is 30.3 Å². The van der Waals surface area contributed by atoms with E-state index in [-0.39, 0.29) is 5.60 Å². The molecule has 0 atom stereocenters. The summed E-state index contributed by atoms with van der Waals surface area (Å²) in [5.41, 5.74) is 2.90. The molecular formula is C18H22N2O2. The van der Waals surface area contributed by atoms with Crippen molar-refractivity contribution in [2.75, 3.05) is 6.54 Å². The molecule has 0 aliphatic heterocycles. The van der Waals surface area contributed by atoms with Crippen LogP contribution in [-0.4, -0.2) is 28.6 Å². The number of carbonyl (C=O) groups excluding carboxylic acids is 1. The third-order valence-electron chi connectivity index (χ3n) is 3.03. The Labute approximate surface area is 131 Å². The highest BCUT2D eigenvalue weighted by molar-refractivity contribution is 5.62. The van der Waals surface area contributed by atoms with Crippen LogP contribution in [0.3, 0.4) is 0 Å². The number of hydrogen-bond donors (Lipinski definition) is 0. The molecule has 0 aliphatic rings. The summed E-state index contributed by atoms with van der Waals surface area (Å²) >= 11 is 0. The Hall–Kier alpha value is -2.20. The molecule has 0 saturated heterocycles. The second-order valence-corrected chi connectivity index (χ2v) is 6.15. The Bertz CT molecular complexity index is 606. The minimum atomic E-state index is -0.384. The first-order valence-corrected chi connectivity index (χ1v) is 7.38. The third-order valence-corrected chi connectivity index (χ3v) is 3.03. The lowest BCUT2D eigenvalue weighted by Gasteiger charge is -2.26. The molecule has 1 aromatic carbocycles. The van der Waals surface area contributed by atoms with Gasteiger partial charge < -0.3 is 0 Å². The van der Waals surface area contributed by atoms with Crippen LogP contribution in [0.25, 0.3) is 11.1 Å². The molecule has 0 bridgehead atoms. The second kappa shape index (κ2) is 7.18. The van der Waals surface area contributed by atoms with Gasteiger partial charge in [0.1, 0.15) is 0 Å². The summed E-state index contributed by atoms with van der Waals surface area (Å²) < 4.78 is 0. The monoisotopic (exact) mass is 298 g/mol. The Balaban J connectivity index is 2.03. The first kappa shape index (κ1) is 16.2. The van der Waals surface area contributed by atoms with E-state index in [0.29, 0.717) is 13.0 Å². The molecule has 0 N–H and O–H groups in total. The van der Waals surface area contributed by atoms with Crippen molar-refractivity contribution in [3.8, 4) is 11.1 Å². The molecule has 2 aromatic rings. The summed E-state index contributed by atoms with van der Waals surface area (Å²) in [6.45, 7) is 6.25. The smallest absolute Gasteiger partial charge is 0.233 e. The first-order chi connectivity index (χ1) is 10.5. The van der Waals surface area contributed by atoms with E-state index in [2.05, 4.69) is 23.2 Å². The van der Waals surface area contributed by atoms with Gasteiger partial charge in [-0.15, -0.1) is 0 Å². The Morgan fingerprint density at radius 3 is 2.50 bits per heavy atom. The van der Waals surface area contributed by atoms with Gasteiger partial charge in [-0.25, -0.2) is 5.06 Å². The summed E-state index contributed by atoms with van der Waals surface area (Å²) in [7, 11) is 0. The minimum absolute atomic E-state index is 0.384. The van der Waals surface area contributed by atoms with Gasteiger partial charge >= 0.3 is 0 Å². The van der Waals surface area contributed by atoms with E-state index in [9.17, 15) is 4.79 Å². The topological polar surface area (TPSA) is 42.4 Å². The van der Waals surface area contributed by atoms with Crippen molar-refractivity contribution in [1.82, 2.24) is 10.0 Å². The molecule has 1 aromatic heterocycles. The molecule has 0 saturated carbocycles. The number of benzene rings is 1. The standard InChI is InChI=1S/C18H22N2O2/c1-18(2,3)22-20(14-21)10-9-15-11-17(13-19-12-15)16-7-5-4-6-8-16/h4-8,11-14H,9-10H2,1-3H3. The third kappa shape index (κ3) is 4.97. The zero-order valence-electron chi connectivity index (χ0n) is 13.3. The second-order valence-electron chi connectivity index (χ2n) is 6.15. The number of amides is 1.